The molecule has 0 radical (unpaired) electrons. The van der Waals surface area contributed by atoms with E-state index in [2.05, 4.69) is 29.6 Å². The summed E-state index contributed by atoms with van der Waals surface area (Å²) in [5, 5.41) is 13.9. The lowest BCUT2D eigenvalue weighted by Gasteiger charge is -2.25. The molecule has 0 spiro atoms. The van der Waals surface area contributed by atoms with Crippen molar-refractivity contribution < 1.29 is 9.72 Å². The molecule has 6 heteroatoms. The van der Waals surface area contributed by atoms with Crippen LogP contribution in [0, 0.1) is 24.0 Å². The molecular formula is C19H21N3O3. The van der Waals surface area contributed by atoms with E-state index in [1.165, 1.54) is 11.6 Å². The van der Waals surface area contributed by atoms with Crippen LogP contribution in [0.15, 0.2) is 42.5 Å². The number of likely N-dealkylation sites (tertiary alicyclic amines) is 1. The first-order valence-corrected chi connectivity index (χ1v) is 8.35. The summed E-state index contributed by atoms with van der Waals surface area (Å²) in [4.78, 5) is 25.2. The first-order chi connectivity index (χ1) is 12.0. The van der Waals surface area contributed by atoms with Gasteiger partial charge in [0.2, 0.25) is 0 Å². The third kappa shape index (κ3) is 3.47. The lowest BCUT2D eigenvalue weighted by Crippen LogP contribution is -2.34. The van der Waals surface area contributed by atoms with E-state index in [0.29, 0.717) is 17.8 Å². The van der Waals surface area contributed by atoms with Gasteiger partial charge in [-0.2, -0.15) is 0 Å². The second-order valence-electron chi connectivity index (χ2n) is 6.40. The largest absolute Gasteiger partial charge is 0.322 e. The Hall–Kier alpha value is -2.89. The highest BCUT2D eigenvalue weighted by molar-refractivity contribution is 5.91. The Morgan fingerprint density at radius 2 is 1.92 bits per heavy atom. The summed E-state index contributed by atoms with van der Waals surface area (Å²) in [6, 6.07) is 12.8. The van der Waals surface area contributed by atoms with Gasteiger partial charge >= 0.3 is 6.03 Å². The molecule has 0 aromatic heterocycles. The average molecular weight is 339 g/mol. The van der Waals surface area contributed by atoms with Gasteiger partial charge in [0.1, 0.15) is 0 Å². The standard InChI is InChI=1S/C19H21N3O3/c1-13-8-10-15(11-9-13)18-7-4-12-21(18)19(23)20-16-5-3-6-17(14(16)2)22(24)25/h3,5-6,8-11,18H,4,7,12H2,1-2H3,(H,20,23)/t18-/m0/s1. The minimum atomic E-state index is -0.435. The number of carbonyl (C=O) groups is 1. The third-order valence-corrected chi connectivity index (χ3v) is 4.72. The van der Waals surface area contributed by atoms with Gasteiger partial charge in [0.25, 0.3) is 5.69 Å². The second-order valence-corrected chi connectivity index (χ2v) is 6.40. The van der Waals surface area contributed by atoms with Crippen molar-refractivity contribution in [3.8, 4) is 0 Å². The molecule has 25 heavy (non-hydrogen) atoms. The number of carbonyl (C=O) groups excluding carboxylic acids is 1. The lowest BCUT2D eigenvalue weighted by atomic mass is 10.0. The Labute approximate surface area is 146 Å². The van der Waals surface area contributed by atoms with Crippen LogP contribution in [0.2, 0.25) is 0 Å². The topological polar surface area (TPSA) is 75.5 Å². The molecule has 0 aliphatic carbocycles. The third-order valence-electron chi connectivity index (χ3n) is 4.72. The second kappa shape index (κ2) is 6.93. The molecule has 1 atom stereocenters. The van der Waals surface area contributed by atoms with E-state index in [-0.39, 0.29) is 17.8 Å². The number of hydrogen-bond acceptors (Lipinski definition) is 3. The summed E-state index contributed by atoms with van der Waals surface area (Å²) < 4.78 is 0. The Kier molecular flexibility index (Phi) is 4.70. The number of amides is 2. The Balaban J connectivity index is 1.80. The number of anilines is 1. The molecule has 130 valence electrons. The fraction of sp³-hybridized carbons (Fsp3) is 0.316. The fourth-order valence-corrected chi connectivity index (χ4v) is 3.29. The number of nitrogens with one attached hydrogen (secondary N) is 1. The molecule has 1 heterocycles. The van der Waals surface area contributed by atoms with Crippen LogP contribution in [0.3, 0.4) is 0 Å². The number of nitro groups is 1. The predicted octanol–water partition coefficient (Wildman–Crippen LogP) is 4.58. The first-order valence-electron chi connectivity index (χ1n) is 8.35. The zero-order chi connectivity index (χ0) is 18.0. The van der Waals surface area contributed by atoms with Crippen LogP contribution in [0.25, 0.3) is 0 Å². The number of urea groups is 1. The van der Waals surface area contributed by atoms with Gasteiger partial charge < -0.3 is 10.2 Å². The molecule has 6 nitrogen and oxygen atoms in total. The van der Waals surface area contributed by atoms with Crippen molar-refractivity contribution in [3.63, 3.8) is 0 Å². The summed E-state index contributed by atoms with van der Waals surface area (Å²) in [7, 11) is 0. The maximum Gasteiger partial charge on any atom is 0.322 e. The van der Waals surface area contributed by atoms with E-state index in [4.69, 9.17) is 0 Å². The lowest BCUT2D eigenvalue weighted by molar-refractivity contribution is -0.385. The molecule has 1 aliphatic heterocycles. The van der Waals surface area contributed by atoms with E-state index in [9.17, 15) is 14.9 Å². The zero-order valence-corrected chi connectivity index (χ0v) is 14.4. The number of benzene rings is 2. The van der Waals surface area contributed by atoms with Gasteiger partial charge in [0, 0.05) is 12.6 Å². The normalized spacial score (nSPS) is 16.7. The van der Waals surface area contributed by atoms with E-state index in [1.54, 1.807) is 19.1 Å². The fourth-order valence-electron chi connectivity index (χ4n) is 3.29. The average Bonchev–Trinajstić information content (AvgIpc) is 3.07. The zero-order valence-electron chi connectivity index (χ0n) is 14.4. The summed E-state index contributed by atoms with van der Waals surface area (Å²) in [6.07, 6.45) is 1.87. The smallest absolute Gasteiger partial charge is 0.317 e. The van der Waals surface area contributed by atoms with E-state index < -0.39 is 4.92 Å². The number of hydrogen-bond donors (Lipinski definition) is 1. The molecule has 1 saturated heterocycles. The van der Waals surface area contributed by atoms with Gasteiger partial charge in [-0.3, -0.25) is 10.1 Å². The Morgan fingerprint density at radius 3 is 2.60 bits per heavy atom. The molecule has 2 amide bonds. The molecule has 1 N–H and O–H groups in total. The van der Waals surface area contributed by atoms with Crippen molar-refractivity contribution in [2.24, 2.45) is 0 Å². The van der Waals surface area contributed by atoms with E-state index >= 15 is 0 Å². The highest BCUT2D eigenvalue weighted by atomic mass is 16.6. The van der Waals surface area contributed by atoms with Gasteiger partial charge in [-0.05, 0) is 38.3 Å². The minimum absolute atomic E-state index is 0.00862. The Morgan fingerprint density at radius 1 is 1.20 bits per heavy atom. The van der Waals surface area contributed by atoms with Crippen molar-refractivity contribution in [2.45, 2.75) is 32.7 Å². The number of nitro benzene ring substituents is 1. The van der Waals surface area contributed by atoms with Crippen molar-refractivity contribution in [2.75, 3.05) is 11.9 Å². The minimum Gasteiger partial charge on any atom is -0.317 e. The number of nitrogens with zero attached hydrogens (tertiary/aromatic N) is 2. The van der Waals surface area contributed by atoms with Crippen molar-refractivity contribution >= 4 is 17.4 Å². The van der Waals surface area contributed by atoms with Gasteiger partial charge in [0.15, 0.2) is 0 Å². The quantitative estimate of drug-likeness (QED) is 0.657. The molecule has 1 fully saturated rings. The predicted molar refractivity (Wildman–Crippen MR) is 96.7 cm³/mol. The van der Waals surface area contributed by atoms with Crippen LogP contribution in [0.5, 0.6) is 0 Å². The summed E-state index contributed by atoms with van der Waals surface area (Å²) >= 11 is 0. The number of aryl methyl sites for hydroxylation is 1. The molecule has 0 unspecified atom stereocenters. The SMILES string of the molecule is Cc1ccc([C@@H]2CCCN2C(=O)Nc2cccc([N+](=O)[O-])c2C)cc1. The van der Waals surface area contributed by atoms with Gasteiger partial charge in [-0.1, -0.05) is 35.9 Å². The van der Waals surface area contributed by atoms with Gasteiger partial charge in [-0.25, -0.2) is 4.79 Å². The van der Waals surface area contributed by atoms with Crippen LogP contribution < -0.4 is 5.32 Å². The maximum atomic E-state index is 12.7. The van der Waals surface area contributed by atoms with Crippen molar-refractivity contribution in [3.05, 3.63) is 69.3 Å². The van der Waals surface area contributed by atoms with Gasteiger partial charge in [0.05, 0.1) is 22.2 Å². The van der Waals surface area contributed by atoms with Crippen LogP contribution in [-0.4, -0.2) is 22.4 Å². The van der Waals surface area contributed by atoms with Crippen LogP contribution >= 0.6 is 0 Å². The molecular weight excluding hydrogens is 318 g/mol. The molecule has 0 bridgehead atoms. The summed E-state index contributed by atoms with van der Waals surface area (Å²) in [6.45, 7) is 4.36. The summed E-state index contributed by atoms with van der Waals surface area (Å²) in [5.74, 6) is 0. The Bertz CT molecular complexity index is 802. The molecule has 1 aliphatic rings. The monoisotopic (exact) mass is 339 g/mol. The summed E-state index contributed by atoms with van der Waals surface area (Å²) in [5.41, 5.74) is 3.26. The van der Waals surface area contributed by atoms with E-state index in [0.717, 1.165) is 18.4 Å². The van der Waals surface area contributed by atoms with Crippen LogP contribution in [0.4, 0.5) is 16.2 Å². The first kappa shape index (κ1) is 17.0. The highest BCUT2D eigenvalue weighted by Crippen LogP contribution is 2.33. The molecule has 2 aromatic rings. The molecule has 3 rings (SSSR count). The van der Waals surface area contributed by atoms with Crippen molar-refractivity contribution in [1.29, 1.82) is 0 Å². The highest BCUT2D eigenvalue weighted by Gasteiger charge is 2.30. The van der Waals surface area contributed by atoms with Crippen LogP contribution in [-0.2, 0) is 0 Å². The molecule has 2 aromatic carbocycles. The van der Waals surface area contributed by atoms with E-state index in [1.807, 2.05) is 11.8 Å². The molecule has 0 saturated carbocycles. The van der Waals surface area contributed by atoms with Crippen LogP contribution in [0.1, 0.15) is 35.6 Å². The van der Waals surface area contributed by atoms with Gasteiger partial charge in [-0.15, -0.1) is 0 Å². The maximum absolute atomic E-state index is 12.7. The number of rotatable bonds is 3. The van der Waals surface area contributed by atoms with Crippen molar-refractivity contribution in [1.82, 2.24) is 4.90 Å².